The van der Waals surface area contributed by atoms with Crippen LogP contribution in [0.5, 0.6) is 0 Å². The smallest absolute Gasteiger partial charge is 0.205 e. The highest BCUT2D eigenvalue weighted by atomic mass is 32.2. The highest BCUT2D eigenvalue weighted by Crippen LogP contribution is 2.25. The van der Waals surface area contributed by atoms with Gasteiger partial charge in [-0.15, -0.1) is 11.8 Å². The molecule has 0 fully saturated rings. The molecular weight excluding hydrogens is 282 g/mol. The van der Waals surface area contributed by atoms with Crippen LogP contribution in [0.15, 0.2) is 70.1 Å². The maximum Gasteiger partial charge on any atom is 0.205 e. The first-order valence-corrected chi connectivity index (χ1v) is 7.66. The minimum absolute atomic E-state index is 0.0745. The fourth-order valence-electron chi connectivity index (χ4n) is 1.95. The third-order valence-electron chi connectivity index (χ3n) is 3.08. The number of benzene rings is 2. The van der Waals surface area contributed by atoms with Crippen LogP contribution in [0.3, 0.4) is 0 Å². The topological polar surface area (TPSA) is 46.3 Å². The summed E-state index contributed by atoms with van der Waals surface area (Å²) in [6.07, 6.45) is 1.76. The second kappa shape index (κ2) is 6.61. The van der Waals surface area contributed by atoms with E-state index in [4.69, 9.17) is 9.52 Å². The molecule has 0 atom stereocenters. The van der Waals surface area contributed by atoms with Crippen molar-refractivity contribution in [2.45, 2.75) is 17.3 Å². The molecule has 1 N–H and O–H groups in total. The zero-order chi connectivity index (χ0) is 14.5. The van der Waals surface area contributed by atoms with E-state index in [1.165, 1.54) is 0 Å². The van der Waals surface area contributed by atoms with E-state index in [0.717, 1.165) is 21.8 Å². The molecular formula is C17H15NO2S. The summed E-state index contributed by atoms with van der Waals surface area (Å²) < 4.78 is 5.76. The molecule has 0 amide bonds. The molecule has 1 heterocycles. The van der Waals surface area contributed by atoms with Crippen LogP contribution in [0, 0.1) is 0 Å². The van der Waals surface area contributed by atoms with E-state index >= 15 is 0 Å². The van der Waals surface area contributed by atoms with Gasteiger partial charge in [0, 0.05) is 10.5 Å². The fraction of sp³-hybridized carbons (Fsp3) is 0.118. The Bertz CT molecular complexity index is 692. The van der Waals surface area contributed by atoms with Gasteiger partial charge in [-0.05, 0) is 17.7 Å². The van der Waals surface area contributed by atoms with Crippen molar-refractivity contribution in [1.82, 2.24) is 4.98 Å². The first kappa shape index (κ1) is 13.9. The van der Waals surface area contributed by atoms with Crippen molar-refractivity contribution in [3.8, 4) is 11.3 Å². The lowest BCUT2D eigenvalue weighted by Crippen LogP contribution is -1.83. The zero-order valence-corrected chi connectivity index (χ0v) is 12.2. The first-order chi connectivity index (χ1) is 10.3. The minimum atomic E-state index is 0.0745. The molecule has 0 aliphatic rings. The van der Waals surface area contributed by atoms with Gasteiger partial charge >= 0.3 is 0 Å². The number of oxazole rings is 1. The Morgan fingerprint density at radius 1 is 1.00 bits per heavy atom. The Morgan fingerprint density at radius 3 is 2.48 bits per heavy atom. The summed E-state index contributed by atoms with van der Waals surface area (Å²) in [4.78, 5) is 5.45. The van der Waals surface area contributed by atoms with Gasteiger partial charge in [-0.25, -0.2) is 4.98 Å². The second-order valence-corrected chi connectivity index (χ2v) is 5.62. The molecule has 21 heavy (non-hydrogen) atoms. The van der Waals surface area contributed by atoms with Gasteiger partial charge < -0.3 is 9.52 Å². The van der Waals surface area contributed by atoms with E-state index in [-0.39, 0.29) is 6.61 Å². The molecule has 0 saturated carbocycles. The lowest BCUT2D eigenvalue weighted by molar-refractivity contribution is 0.282. The molecule has 3 rings (SSSR count). The summed E-state index contributed by atoms with van der Waals surface area (Å²) in [6, 6.07) is 17.8. The first-order valence-electron chi connectivity index (χ1n) is 6.68. The predicted octanol–water partition coefficient (Wildman–Crippen LogP) is 4.13. The van der Waals surface area contributed by atoms with Crippen molar-refractivity contribution >= 4 is 11.8 Å². The fourth-order valence-corrected chi connectivity index (χ4v) is 2.70. The summed E-state index contributed by atoms with van der Waals surface area (Å²) in [5, 5.41) is 9.02. The number of hydrogen-bond acceptors (Lipinski definition) is 4. The molecule has 0 radical (unpaired) electrons. The van der Waals surface area contributed by atoms with Crippen LogP contribution in [-0.2, 0) is 12.4 Å². The molecule has 3 aromatic rings. The molecule has 0 bridgehead atoms. The van der Waals surface area contributed by atoms with Crippen molar-refractivity contribution < 1.29 is 9.52 Å². The van der Waals surface area contributed by atoms with Crippen LogP contribution in [0.1, 0.15) is 11.5 Å². The number of aliphatic hydroxyl groups is 1. The number of hydrogen-bond donors (Lipinski definition) is 1. The van der Waals surface area contributed by atoms with Crippen molar-refractivity contribution in [3.63, 3.8) is 0 Å². The van der Waals surface area contributed by atoms with E-state index in [9.17, 15) is 0 Å². The van der Waals surface area contributed by atoms with Crippen LogP contribution in [0.4, 0.5) is 0 Å². The van der Waals surface area contributed by atoms with E-state index in [1.807, 2.05) is 54.6 Å². The van der Waals surface area contributed by atoms with Crippen molar-refractivity contribution in [1.29, 1.82) is 0 Å². The molecule has 106 valence electrons. The van der Waals surface area contributed by atoms with Gasteiger partial charge in [0.2, 0.25) is 5.89 Å². The lowest BCUT2D eigenvalue weighted by atomic mass is 10.2. The summed E-state index contributed by atoms with van der Waals surface area (Å²) >= 11 is 1.66. The maximum atomic E-state index is 9.02. The normalized spacial score (nSPS) is 10.7. The van der Waals surface area contributed by atoms with Crippen LogP contribution in [0.2, 0.25) is 0 Å². The Morgan fingerprint density at radius 2 is 1.76 bits per heavy atom. The summed E-state index contributed by atoms with van der Waals surface area (Å²) in [7, 11) is 0. The van der Waals surface area contributed by atoms with E-state index < -0.39 is 0 Å². The third-order valence-corrected chi connectivity index (χ3v) is 4.08. The SMILES string of the molecule is OCc1ccc(SCc2ncc(-c3ccccc3)o2)cc1. The maximum absolute atomic E-state index is 9.02. The molecule has 3 nitrogen and oxygen atoms in total. The van der Waals surface area contributed by atoms with Crippen LogP contribution in [0.25, 0.3) is 11.3 Å². The number of nitrogens with zero attached hydrogens (tertiary/aromatic N) is 1. The molecule has 0 aliphatic heterocycles. The van der Waals surface area contributed by atoms with Gasteiger partial charge in [0.25, 0.3) is 0 Å². The van der Waals surface area contributed by atoms with Crippen molar-refractivity contribution in [3.05, 3.63) is 72.2 Å². The van der Waals surface area contributed by atoms with Crippen LogP contribution >= 0.6 is 11.8 Å². The monoisotopic (exact) mass is 297 g/mol. The number of aromatic nitrogens is 1. The van der Waals surface area contributed by atoms with Gasteiger partial charge in [-0.1, -0.05) is 42.5 Å². The van der Waals surface area contributed by atoms with Gasteiger partial charge in [0.15, 0.2) is 5.76 Å². The van der Waals surface area contributed by atoms with Gasteiger partial charge in [-0.3, -0.25) is 0 Å². The van der Waals surface area contributed by atoms with Gasteiger partial charge in [-0.2, -0.15) is 0 Å². The Kier molecular flexibility index (Phi) is 4.38. The quantitative estimate of drug-likeness (QED) is 0.719. The summed E-state index contributed by atoms with van der Waals surface area (Å²) in [6.45, 7) is 0.0745. The molecule has 0 spiro atoms. The summed E-state index contributed by atoms with van der Waals surface area (Å²) in [5.41, 5.74) is 1.95. The van der Waals surface area contributed by atoms with Crippen LogP contribution in [-0.4, -0.2) is 10.1 Å². The van der Waals surface area contributed by atoms with Gasteiger partial charge in [0.05, 0.1) is 18.6 Å². The highest BCUT2D eigenvalue weighted by Gasteiger charge is 2.06. The zero-order valence-electron chi connectivity index (χ0n) is 11.4. The Balaban J connectivity index is 1.64. The Hall–Kier alpha value is -2.04. The third kappa shape index (κ3) is 3.54. The molecule has 1 aromatic heterocycles. The molecule has 4 heteroatoms. The number of aliphatic hydroxyl groups excluding tert-OH is 1. The summed E-state index contributed by atoms with van der Waals surface area (Å²) in [5.74, 6) is 2.19. The largest absolute Gasteiger partial charge is 0.440 e. The number of rotatable bonds is 5. The Labute approximate surface area is 127 Å². The average Bonchev–Trinajstić information content (AvgIpc) is 3.03. The van der Waals surface area contributed by atoms with Gasteiger partial charge in [0.1, 0.15) is 0 Å². The number of thioether (sulfide) groups is 1. The predicted molar refractivity (Wildman–Crippen MR) is 83.9 cm³/mol. The molecule has 0 unspecified atom stereocenters. The standard InChI is InChI=1S/C17H15NO2S/c19-11-13-6-8-15(9-7-13)21-12-17-18-10-16(20-17)14-4-2-1-3-5-14/h1-10,19H,11-12H2. The minimum Gasteiger partial charge on any atom is -0.440 e. The van der Waals surface area contributed by atoms with E-state index in [0.29, 0.717) is 11.6 Å². The average molecular weight is 297 g/mol. The molecule has 0 saturated heterocycles. The molecule has 0 aliphatic carbocycles. The molecule has 2 aromatic carbocycles. The van der Waals surface area contributed by atoms with Crippen molar-refractivity contribution in [2.75, 3.05) is 0 Å². The van der Waals surface area contributed by atoms with Crippen LogP contribution < -0.4 is 0 Å². The highest BCUT2D eigenvalue weighted by molar-refractivity contribution is 7.98. The van der Waals surface area contributed by atoms with E-state index in [2.05, 4.69) is 4.98 Å². The second-order valence-electron chi connectivity index (χ2n) is 4.58. The lowest BCUT2D eigenvalue weighted by Gasteiger charge is -2.00. The van der Waals surface area contributed by atoms with E-state index in [1.54, 1.807) is 18.0 Å². The van der Waals surface area contributed by atoms with Crippen molar-refractivity contribution in [2.24, 2.45) is 0 Å².